The molecular weight excluding hydrogens is 224 g/mol. The van der Waals surface area contributed by atoms with Gasteiger partial charge < -0.3 is 9.47 Å². The molecule has 98 valence electrons. The highest BCUT2D eigenvalue weighted by Crippen LogP contribution is 2.43. The van der Waals surface area contributed by atoms with Gasteiger partial charge in [0.05, 0.1) is 8.85 Å². The van der Waals surface area contributed by atoms with Gasteiger partial charge in [-0.1, -0.05) is 26.0 Å². The Bertz CT molecular complexity index is 491. The average molecular weight is 248 g/mol. The third kappa shape index (κ3) is 2.26. The first kappa shape index (κ1) is 9.85. The Labute approximate surface area is 112 Å². The summed E-state index contributed by atoms with van der Waals surface area (Å²) in [6, 6.07) is 7.72. The summed E-state index contributed by atoms with van der Waals surface area (Å²) in [5.41, 5.74) is 0.415. The van der Waals surface area contributed by atoms with Gasteiger partial charge in [0.25, 0.3) is 0 Å². The third-order valence-electron chi connectivity index (χ3n) is 4.01. The molecule has 0 aliphatic carbocycles. The molecule has 2 fully saturated rings. The monoisotopic (exact) mass is 248 g/mol. The second-order valence-corrected chi connectivity index (χ2v) is 5.74. The van der Waals surface area contributed by atoms with Crippen molar-refractivity contribution in [2.75, 3.05) is 6.56 Å². The minimum atomic E-state index is -1.77. The van der Waals surface area contributed by atoms with Gasteiger partial charge in [0.2, 0.25) is 0 Å². The van der Waals surface area contributed by atoms with E-state index in [9.17, 15) is 0 Å². The largest absolute Gasteiger partial charge is 0.491 e. The highest BCUT2D eigenvalue weighted by atomic mass is 16.6. The SMILES string of the molecule is [2H]C([2H])(Oc1cccc(C(C)C)c1)C12CCC(CC1)O2. The van der Waals surface area contributed by atoms with Gasteiger partial charge in [-0.2, -0.15) is 0 Å². The molecular formula is C16H22O2. The minimum Gasteiger partial charge on any atom is -0.491 e. The molecule has 0 aromatic heterocycles. The van der Waals surface area contributed by atoms with E-state index < -0.39 is 12.2 Å². The molecule has 0 atom stereocenters. The van der Waals surface area contributed by atoms with Crippen LogP contribution in [0.4, 0.5) is 0 Å². The van der Waals surface area contributed by atoms with Gasteiger partial charge in [0, 0.05) is 0 Å². The molecule has 0 radical (unpaired) electrons. The maximum atomic E-state index is 8.33. The molecule has 2 saturated heterocycles. The summed E-state index contributed by atoms with van der Waals surface area (Å²) in [6.07, 6.45) is 3.66. The van der Waals surface area contributed by atoms with E-state index >= 15 is 0 Å². The maximum Gasteiger partial charge on any atom is 0.119 e. The molecule has 2 nitrogen and oxygen atoms in total. The van der Waals surface area contributed by atoms with Crippen LogP contribution in [0, 0.1) is 0 Å². The summed E-state index contributed by atoms with van der Waals surface area (Å²) in [6.45, 7) is 2.47. The van der Waals surface area contributed by atoms with Gasteiger partial charge in [-0.25, -0.2) is 0 Å². The Morgan fingerprint density at radius 1 is 1.44 bits per heavy atom. The van der Waals surface area contributed by atoms with E-state index in [-0.39, 0.29) is 6.10 Å². The predicted octanol–water partition coefficient (Wildman–Crippen LogP) is 3.90. The normalized spacial score (nSPS) is 32.5. The molecule has 18 heavy (non-hydrogen) atoms. The lowest BCUT2D eigenvalue weighted by molar-refractivity contribution is -0.0198. The molecule has 0 saturated carbocycles. The third-order valence-corrected chi connectivity index (χ3v) is 4.01. The number of ether oxygens (including phenoxy) is 2. The fraction of sp³-hybridized carbons (Fsp3) is 0.625. The van der Waals surface area contributed by atoms with Crippen LogP contribution in [0.3, 0.4) is 0 Å². The van der Waals surface area contributed by atoms with E-state index in [0.717, 1.165) is 31.2 Å². The van der Waals surface area contributed by atoms with E-state index in [1.54, 1.807) is 0 Å². The smallest absolute Gasteiger partial charge is 0.119 e. The van der Waals surface area contributed by atoms with E-state index in [1.807, 2.05) is 24.3 Å². The van der Waals surface area contributed by atoms with Crippen LogP contribution in [0.5, 0.6) is 5.75 Å². The molecule has 2 aliphatic rings. The van der Waals surface area contributed by atoms with Crippen LogP contribution in [-0.2, 0) is 4.74 Å². The number of hydrogen-bond donors (Lipinski definition) is 0. The molecule has 0 N–H and O–H groups in total. The van der Waals surface area contributed by atoms with E-state index in [2.05, 4.69) is 13.8 Å². The number of hydrogen-bond acceptors (Lipinski definition) is 2. The fourth-order valence-corrected chi connectivity index (χ4v) is 2.83. The lowest BCUT2D eigenvalue weighted by Crippen LogP contribution is -2.32. The average Bonchev–Trinajstić information content (AvgIpc) is 3.00. The van der Waals surface area contributed by atoms with Crippen molar-refractivity contribution < 1.29 is 12.2 Å². The van der Waals surface area contributed by atoms with Gasteiger partial charge in [-0.15, -0.1) is 0 Å². The Hall–Kier alpha value is -1.02. The van der Waals surface area contributed by atoms with Gasteiger partial charge in [0.15, 0.2) is 0 Å². The summed E-state index contributed by atoms with van der Waals surface area (Å²) in [5, 5.41) is 0. The van der Waals surface area contributed by atoms with Crippen molar-refractivity contribution in [3.63, 3.8) is 0 Å². The molecule has 3 rings (SSSR count). The van der Waals surface area contributed by atoms with E-state index in [4.69, 9.17) is 12.2 Å². The Morgan fingerprint density at radius 2 is 2.22 bits per heavy atom. The Balaban J connectivity index is 1.81. The van der Waals surface area contributed by atoms with E-state index in [0.29, 0.717) is 11.7 Å². The first-order valence-corrected chi connectivity index (χ1v) is 6.89. The second-order valence-electron chi connectivity index (χ2n) is 5.74. The van der Waals surface area contributed by atoms with E-state index in [1.165, 1.54) is 0 Å². The molecule has 2 aliphatic heterocycles. The van der Waals surface area contributed by atoms with Crippen molar-refractivity contribution in [1.82, 2.24) is 0 Å². The molecule has 2 bridgehead atoms. The topological polar surface area (TPSA) is 18.5 Å². The zero-order valence-electron chi connectivity index (χ0n) is 13.1. The van der Waals surface area contributed by atoms with Crippen molar-refractivity contribution in [3.05, 3.63) is 29.8 Å². The molecule has 2 heteroatoms. The summed E-state index contributed by atoms with van der Waals surface area (Å²) in [7, 11) is 0. The molecule has 1 aromatic carbocycles. The molecule has 2 heterocycles. The fourth-order valence-electron chi connectivity index (χ4n) is 2.83. The maximum absolute atomic E-state index is 8.33. The Kier molecular flexibility index (Phi) is 2.51. The highest BCUT2D eigenvalue weighted by Gasteiger charge is 2.46. The quantitative estimate of drug-likeness (QED) is 0.804. The molecule has 0 spiro atoms. The Morgan fingerprint density at radius 3 is 2.83 bits per heavy atom. The van der Waals surface area contributed by atoms with Crippen LogP contribution < -0.4 is 4.74 Å². The lowest BCUT2D eigenvalue weighted by Gasteiger charge is -2.24. The first-order valence-electron chi connectivity index (χ1n) is 7.89. The summed E-state index contributed by atoms with van der Waals surface area (Å²) in [4.78, 5) is 0. The summed E-state index contributed by atoms with van der Waals surface area (Å²) < 4.78 is 28.2. The van der Waals surface area contributed by atoms with Crippen LogP contribution in [0.25, 0.3) is 0 Å². The standard InChI is InChI=1S/C16H22O2/c1-12(2)13-4-3-5-15(10-13)17-11-16-8-6-14(18-16)7-9-16/h3-5,10,12,14H,6-9,11H2,1-2H3/i11D2. The van der Waals surface area contributed by atoms with Gasteiger partial charge >= 0.3 is 0 Å². The number of rotatable bonds is 4. The van der Waals surface area contributed by atoms with Crippen molar-refractivity contribution in [1.29, 1.82) is 0 Å². The van der Waals surface area contributed by atoms with Gasteiger partial charge in [-0.05, 0) is 49.3 Å². The molecule has 0 unspecified atom stereocenters. The lowest BCUT2D eigenvalue weighted by atomic mass is 9.89. The number of fused-ring (bicyclic) bond motifs is 2. The van der Waals surface area contributed by atoms with Gasteiger partial charge in [-0.3, -0.25) is 0 Å². The van der Waals surface area contributed by atoms with Gasteiger partial charge in [0.1, 0.15) is 17.9 Å². The first-order chi connectivity index (χ1) is 9.42. The highest BCUT2D eigenvalue weighted by molar-refractivity contribution is 5.30. The van der Waals surface area contributed by atoms with Crippen LogP contribution in [0.15, 0.2) is 24.3 Å². The van der Waals surface area contributed by atoms with Crippen molar-refractivity contribution in [2.45, 2.75) is 57.2 Å². The van der Waals surface area contributed by atoms with Crippen molar-refractivity contribution in [2.24, 2.45) is 0 Å². The van der Waals surface area contributed by atoms with Crippen molar-refractivity contribution >= 4 is 0 Å². The van der Waals surface area contributed by atoms with Crippen LogP contribution in [0.1, 0.15) is 53.8 Å². The zero-order chi connectivity index (χ0) is 14.4. The summed E-state index contributed by atoms with van der Waals surface area (Å²) in [5.74, 6) is 0.996. The molecule has 0 amide bonds. The predicted molar refractivity (Wildman–Crippen MR) is 72.1 cm³/mol. The summed E-state index contributed by atoms with van der Waals surface area (Å²) >= 11 is 0. The van der Waals surface area contributed by atoms with Crippen LogP contribution in [-0.4, -0.2) is 18.3 Å². The van der Waals surface area contributed by atoms with Crippen molar-refractivity contribution in [3.8, 4) is 5.75 Å². The van der Waals surface area contributed by atoms with Crippen LogP contribution >= 0.6 is 0 Å². The zero-order valence-corrected chi connectivity index (χ0v) is 11.1. The number of benzene rings is 1. The van der Waals surface area contributed by atoms with Crippen LogP contribution in [0.2, 0.25) is 0 Å². The minimum absolute atomic E-state index is 0.232. The second kappa shape index (κ2) is 4.58. The molecule has 1 aromatic rings.